The van der Waals surface area contributed by atoms with Crippen molar-refractivity contribution in [1.82, 2.24) is 9.88 Å². The maximum Gasteiger partial charge on any atom is 0.227 e. The van der Waals surface area contributed by atoms with E-state index in [-0.39, 0.29) is 11.8 Å². The van der Waals surface area contributed by atoms with Gasteiger partial charge in [0.15, 0.2) is 0 Å². The maximum absolute atomic E-state index is 12.2. The average Bonchev–Trinajstić information content (AvgIpc) is 2.66. The van der Waals surface area contributed by atoms with Gasteiger partial charge in [0.1, 0.15) is 0 Å². The van der Waals surface area contributed by atoms with Crippen LogP contribution in [0.4, 0.5) is 5.69 Å². The summed E-state index contributed by atoms with van der Waals surface area (Å²) in [6.07, 6.45) is 7.71. The molecule has 2 aromatic rings. The third kappa shape index (κ3) is 3.09. The fraction of sp³-hybridized carbons (Fsp3) is 0.381. The Morgan fingerprint density at radius 1 is 1.04 bits per heavy atom. The maximum atomic E-state index is 12.2. The number of carbonyl (C=O) groups is 2. The molecule has 0 aliphatic carbocycles. The topological polar surface area (TPSA) is 53.5 Å². The molecular weight excluding hydrogens is 326 g/mol. The number of aromatic nitrogens is 1. The molecule has 4 rings (SSSR count). The smallest absolute Gasteiger partial charge is 0.227 e. The second kappa shape index (κ2) is 6.90. The highest BCUT2D eigenvalue weighted by Crippen LogP contribution is 2.37. The van der Waals surface area contributed by atoms with Crippen molar-refractivity contribution in [2.45, 2.75) is 38.6 Å². The minimum Gasteiger partial charge on any atom is -0.338 e. The number of hydrogen-bond acceptors (Lipinski definition) is 3. The zero-order chi connectivity index (χ0) is 18.1. The molecule has 0 saturated carbocycles. The third-order valence-electron chi connectivity index (χ3n) is 5.34. The molecule has 2 aliphatic heterocycles. The molecule has 5 heteroatoms. The number of anilines is 1. The lowest BCUT2D eigenvalue weighted by atomic mass is 9.94. The monoisotopic (exact) mass is 349 g/mol. The highest BCUT2D eigenvalue weighted by atomic mass is 16.2. The number of nitrogens with zero attached hydrogens (tertiary/aromatic N) is 3. The molecule has 0 N–H and O–H groups in total. The first kappa shape index (κ1) is 16.8. The summed E-state index contributed by atoms with van der Waals surface area (Å²) in [5.41, 5.74) is 5.22. The highest BCUT2D eigenvalue weighted by Gasteiger charge is 2.24. The lowest BCUT2D eigenvalue weighted by Gasteiger charge is -2.29. The second-order valence-electron chi connectivity index (χ2n) is 7.12. The second-order valence-corrected chi connectivity index (χ2v) is 7.12. The number of pyridine rings is 1. The number of fused-ring (bicyclic) bond motifs is 1. The predicted octanol–water partition coefficient (Wildman–Crippen LogP) is 3.17. The van der Waals surface area contributed by atoms with Crippen LogP contribution in [0.25, 0.3) is 11.1 Å². The van der Waals surface area contributed by atoms with Crippen LogP contribution in [0, 0.1) is 0 Å². The molecule has 1 aromatic carbocycles. The van der Waals surface area contributed by atoms with Crippen molar-refractivity contribution in [3.8, 4) is 11.1 Å². The molecule has 0 unspecified atom stereocenters. The summed E-state index contributed by atoms with van der Waals surface area (Å²) in [7, 11) is 1.84. The predicted molar refractivity (Wildman–Crippen MR) is 101 cm³/mol. The Hall–Kier alpha value is -2.69. The van der Waals surface area contributed by atoms with Crippen LogP contribution < -0.4 is 4.90 Å². The molecule has 134 valence electrons. The quantitative estimate of drug-likeness (QED) is 0.855. The van der Waals surface area contributed by atoms with Crippen LogP contribution in [-0.2, 0) is 22.6 Å². The lowest BCUT2D eigenvalue weighted by molar-refractivity contribution is -0.133. The summed E-state index contributed by atoms with van der Waals surface area (Å²) in [5, 5.41) is 0. The Kier molecular flexibility index (Phi) is 4.45. The van der Waals surface area contributed by atoms with Crippen molar-refractivity contribution in [1.29, 1.82) is 0 Å². The van der Waals surface area contributed by atoms with Gasteiger partial charge in [-0.3, -0.25) is 14.6 Å². The molecule has 2 amide bonds. The first-order chi connectivity index (χ1) is 12.6. The first-order valence-corrected chi connectivity index (χ1v) is 9.24. The number of piperidine rings is 1. The number of benzene rings is 1. The molecule has 0 bridgehead atoms. The van der Waals surface area contributed by atoms with Crippen LogP contribution in [0.1, 0.15) is 36.8 Å². The van der Waals surface area contributed by atoms with Crippen molar-refractivity contribution in [3.05, 3.63) is 47.8 Å². The number of carbonyl (C=O) groups excluding carboxylic acids is 2. The lowest BCUT2D eigenvalue weighted by Crippen LogP contribution is -2.34. The van der Waals surface area contributed by atoms with Gasteiger partial charge in [-0.25, -0.2) is 0 Å². The molecule has 1 aromatic heterocycles. The molecule has 1 saturated heterocycles. The van der Waals surface area contributed by atoms with Crippen molar-refractivity contribution in [3.63, 3.8) is 0 Å². The number of para-hydroxylation sites is 1. The minimum atomic E-state index is 0.146. The van der Waals surface area contributed by atoms with Gasteiger partial charge < -0.3 is 9.80 Å². The summed E-state index contributed by atoms with van der Waals surface area (Å²) in [5.74, 6) is 0.372. The Labute approximate surface area is 153 Å². The van der Waals surface area contributed by atoms with Crippen LogP contribution >= 0.6 is 0 Å². The third-order valence-corrected chi connectivity index (χ3v) is 5.34. The molecule has 0 spiro atoms. The fourth-order valence-electron chi connectivity index (χ4n) is 3.93. The van der Waals surface area contributed by atoms with E-state index in [1.54, 1.807) is 4.90 Å². The summed E-state index contributed by atoms with van der Waals surface area (Å²) < 4.78 is 0. The van der Waals surface area contributed by atoms with E-state index >= 15 is 0 Å². The molecular formula is C21H23N3O2. The van der Waals surface area contributed by atoms with E-state index in [2.05, 4.69) is 17.1 Å². The van der Waals surface area contributed by atoms with Crippen LogP contribution in [0.2, 0.25) is 0 Å². The normalized spacial score (nSPS) is 17.4. The summed E-state index contributed by atoms with van der Waals surface area (Å²) >= 11 is 0. The standard InChI is InChI=1S/C21H23N3O2/c1-23-19(25)9-8-16-5-4-6-18(21(16)23)17-11-15(12-22-13-17)14-24-10-3-2-7-20(24)26/h4-6,11-13H,2-3,7-10,14H2,1H3. The average molecular weight is 349 g/mol. The van der Waals surface area contributed by atoms with Crippen LogP contribution in [0.5, 0.6) is 0 Å². The molecule has 0 radical (unpaired) electrons. The minimum absolute atomic E-state index is 0.146. The van der Waals surface area contributed by atoms with Gasteiger partial charge in [0.05, 0.1) is 5.69 Å². The van der Waals surface area contributed by atoms with Crippen molar-refractivity contribution in [2.75, 3.05) is 18.5 Å². The number of aryl methyl sites for hydroxylation is 1. The van der Waals surface area contributed by atoms with Gasteiger partial charge in [-0.05, 0) is 36.5 Å². The van der Waals surface area contributed by atoms with Crippen LogP contribution in [0.15, 0.2) is 36.7 Å². The first-order valence-electron chi connectivity index (χ1n) is 9.24. The Morgan fingerprint density at radius 2 is 1.92 bits per heavy atom. The highest BCUT2D eigenvalue weighted by molar-refractivity contribution is 6.00. The number of likely N-dealkylation sites (tertiary alicyclic amines) is 1. The zero-order valence-corrected chi connectivity index (χ0v) is 15.1. The van der Waals surface area contributed by atoms with E-state index in [1.165, 1.54) is 5.56 Å². The zero-order valence-electron chi connectivity index (χ0n) is 15.1. The van der Waals surface area contributed by atoms with E-state index in [1.807, 2.05) is 36.5 Å². The Balaban J connectivity index is 1.67. The Morgan fingerprint density at radius 3 is 2.77 bits per heavy atom. The SMILES string of the molecule is CN1C(=O)CCc2cccc(-c3cncc(CN4CCCCC4=O)c3)c21. The molecule has 1 fully saturated rings. The number of amides is 2. The number of hydrogen-bond donors (Lipinski definition) is 0. The summed E-state index contributed by atoms with van der Waals surface area (Å²) in [6, 6.07) is 8.27. The van der Waals surface area contributed by atoms with Crippen LogP contribution in [0.3, 0.4) is 0 Å². The van der Waals surface area contributed by atoms with E-state index in [9.17, 15) is 9.59 Å². The van der Waals surface area contributed by atoms with E-state index in [4.69, 9.17) is 0 Å². The van der Waals surface area contributed by atoms with E-state index in [0.717, 1.165) is 48.2 Å². The van der Waals surface area contributed by atoms with Gasteiger partial charge in [0.2, 0.25) is 11.8 Å². The van der Waals surface area contributed by atoms with Gasteiger partial charge in [-0.2, -0.15) is 0 Å². The summed E-state index contributed by atoms with van der Waals surface area (Å²) in [6.45, 7) is 1.42. The largest absolute Gasteiger partial charge is 0.338 e. The molecule has 3 heterocycles. The molecule has 2 aliphatic rings. The number of rotatable bonds is 3. The van der Waals surface area contributed by atoms with Gasteiger partial charge in [0, 0.05) is 56.5 Å². The van der Waals surface area contributed by atoms with Crippen molar-refractivity contribution >= 4 is 17.5 Å². The molecule has 0 atom stereocenters. The fourth-order valence-corrected chi connectivity index (χ4v) is 3.93. The van der Waals surface area contributed by atoms with Crippen LogP contribution in [-0.4, -0.2) is 35.3 Å². The molecule has 26 heavy (non-hydrogen) atoms. The van der Waals surface area contributed by atoms with Gasteiger partial charge >= 0.3 is 0 Å². The molecule has 5 nitrogen and oxygen atoms in total. The van der Waals surface area contributed by atoms with Gasteiger partial charge in [0.25, 0.3) is 0 Å². The van der Waals surface area contributed by atoms with Gasteiger partial charge in [-0.1, -0.05) is 18.2 Å². The van der Waals surface area contributed by atoms with Crippen molar-refractivity contribution in [2.24, 2.45) is 0 Å². The summed E-state index contributed by atoms with van der Waals surface area (Å²) in [4.78, 5) is 32.3. The Bertz CT molecular complexity index is 862. The van der Waals surface area contributed by atoms with E-state index < -0.39 is 0 Å². The van der Waals surface area contributed by atoms with Crippen molar-refractivity contribution < 1.29 is 9.59 Å². The van der Waals surface area contributed by atoms with Gasteiger partial charge in [-0.15, -0.1) is 0 Å². The van der Waals surface area contributed by atoms with E-state index in [0.29, 0.717) is 19.4 Å².